The van der Waals surface area contributed by atoms with Crippen LogP contribution >= 0.6 is 12.6 Å². The van der Waals surface area contributed by atoms with Gasteiger partial charge in [0, 0.05) is 4.75 Å². The molecule has 3 saturated carbocycles. The Bertz CT molecular complexity index is 227. The van der Waals surface area contributed by atoms with Crippen molar-refractivity contribution in [3.8, 4) is 0 Å². The lowest BCUT2D eigenvalue weighted by atomic mass is 9.36. The van der Waals surface area contributed by atoms with Crippen LogP contribution in [0.3, 0.4) is 0 Å². The average molecular weight is 198 g/mol. The summed E-state index contributed by atoms with van der Waals surface area (Å²) >= 11 is 4.97. The monoisotopic (exact) mass is 198 g/mol. The van der Waals surface area contributed by atoms with Gasteiger partial charge in [-0.2, -0.15) is 12.6 Å². The second-order valence-electron chi connectivity index (χ2n) is 5.80. The van der Waals surface area contributed by atoms with Crippen molar-refractivity contribution in [2.45, 2.75) is 58.1 Å². The van der Waals surface area contributed by atoms with Crippen LogP contribution < -0.4 is 0 Å². The van der Waals surface area contributed by atoms with Crippen molar-refractivity contribution in [3.63, 3.8) is 0 Å². The minimum Gasteiger partial charge on any atom is -0.172 e. The number of thiol groups is 1. The fourth-order valence-corrected chi connectivity index (χ4v) is 4.65. The number of rotatable bonds is 1. The van der Waals surface area contributed by atoms with Crippen LogP contribution in [0.5, 0.6) is 0 Å². The van der Waals surface area contributed by atoms with Gasteiger partial charge in [-0.15, -0.1) is 0 Å². The molecule has 0 unspecified atom stereocenters. The standard InChI is InChI=1S/C12H22S/c1-5-11-7-6-9(2)12(13,8-11)10(11,3)4/h9,13H,5-8H2,1-4H3/t9-,11+,12-/m1/s1. The zero-order chi connectivity index (χ0) is 9.91. The molecule has 0 N–H and O–H groups in total. The van der Waals surface area contributed by atoms with Gasteiger partial charge in [-0.05, 0) is 42.4 Å². The summed E-state index contributed by atoms with van der Waals surface area (Å²) in [6, 6.07) is 0. The lowest BCUT2D eigenvalue weighted by molar-refractivity contribution is -0.161. The molecule has 3 aliphatic rings. The van der Waals surface area contributed by atoms with Crippen molar-refractivity contribution < 1.29 is 0 Å². The van der Waals surface area contributed by atoms with Crippen molar-refractivity contribution in [1.29, 1.82) is 0 Å². The number of hydrogen-bond donors (Lipinski definition) is 1. The van der Waals surface area contributed by atoms with Crippen LogP contribution in [0.2, 0.25) is 0 Å². The van der Waals surface area contributed by atoms with Crippen LogP contribution in [0.1, 0.15) is 53.4 Å². The quantitative estimate of drug-likeness (QED) is 0.607. The Morgan fingerprint density at radius 3 is 2.46 bits per heavy atom. The number of hydrogen-bond acceptors (Lipinski definition) is 1. The molecule has 3 rings (SSSR count). The maximum Gasteiger partial charge on any atom is 0.0217 e. The molecule has 0 aromatic carbocycles. The van der Waals surface area contributed by atoms with Gasteiger partial charge < -0.3 is 0 Å². The lowest BCUT2D eigenvalue weighted by Crippen LogP contribution is -2.70. The van der Waals surface area contributed by atoms with Crippen molar-refractivity contribution in [1.82, 2.24) is 0 Å². The fourth-order valence-electron chi connectivity index (χ4n) is 3.98. The Balaban J connectivity index is 2.34. The zero-order valence-electron chi connectivity index (χ0n) is 9.35. The molecule has 0 radical (unpaired) electrons. The van der Waals surface area contributed by atoms with Gasteiger partial charge in [0.15, 0.2) is 0 Å². The fraction of sp³-hybridized carbons (Fsp3) is 1.00. The van der Waals surface area contributed by atoms with E-state index >= 15 is 0 Å². The Labute approximate surface area is 87.9 Å². The summed E-state index contributed by atoms with van der Waals surface area (Å²) in [6.45, 7) is 9.60. The van der Waals surface area contributed by atoms with E-state index in [-0.39, 0.29) is 0 Å². The molecule has 76 valence electrons. The van der Waals surface area contributed by atoms with Crippen molar-refractivity contribution in [2.75, 3.05) is 0 Å². The average Bonchev–Trinajstić information content (AvgIpc) is 2.09. The predicted molar refractivity (Wildman–Crippen MR) is 61.2 cm³/mol. The van der Waals surface area contributed by atoms with E-state index in [9.17, 15) is 0 Å². The molecule has 0 aliphatic heterocycles. The van der Waals surface area contributed by atoms with E-state index in [4.69, 9.17) is 12.6 Å². The van der Waals surface area contributed by atoms with E-state index in [1.807, 2.05) is 0 Å². The third kappa shape index (κ3) is 0.854. The molecule has 0 spiro atoms. The zero-order valence-corrected chi connectivity index (χ0v) is 10.2. The molecule has 0 aromatic rings. The summed E-state index contributed by atoms with van der Waals surface area (Å²) in [7, 11) is 0. The van der Waals surface area contributed by atoms with Gasteiger partial charge in [-0.25, -0.2) is 0 Å². The van der Waals surface area contributed by atoms with Crippen LogP contribution in [0.4, 0.5) is 0 Å². The summed E-state index contributed by atoms with van der Waals surface area (Å²) in [6.07, 6.45) is 5.52. The van der Waals surface area contributed by atoms with E-state index in [1.54, 1.807) is 0 Å². The smallest absolute Gasteiger partial charge is 0.0217 e. The third-order valence-electron chi connectivity index (χ3n) is 5.56. The van der Waals surface area contributed by atoms with Gasteiger partial charge >= 0.3 is 0 Å². The first kappa shape index (κ1) is 9.89. The highest BCUT2D eigenvalue weighted by Gasteiger charge is 2.70. The van der Waals surface area contributed by atoms with E-state index in [0.29, 0.717) is 15.6 Å². The minimum absolute atomic E-state index is 0.335. The molecule has 1 heteroatoms. The van der Waals surface area contributed by atoms with E-state index in [0.717, 1.165) is 5.92 Å². The Morgan fingerprint density at radius 2 is 2.00 bits per heavy atom. The summed E-state index contributed by atoms with van der Waals surface area (Å²) in [5.41, 5.74) is 1.08. The van der Waals surface area contributed by atoms with E-state index < -0.39 is 0 Å². The molecule has 3 atom stereocenters. The molecular formula is C12H22S. The molecule has 3 fully saturated rings. The second-order valence-corrected chi connectivity index (χ2v) is 6.60. The highest BCUT2D eigenvalue weighted by atomic mass is 32.1. The van der Waals surface area contributed by atoms with Crippen LogP contribution in [-0.4, -0.2) is 4.75 Å². The first-order valence-corrected chi connectivity index (χ1v) is 6.07. The first-order valence-electron chi connectivity index (χ1n) is 5.62. The summed E-state index contributed by atoms with van der Waals surface area (Å²) in [5.74, 6) is 0.805. The topological polar surface area (TPSA) is 0 Å². The molecule has 0 heterocycles. The molecule has 0 aromatic heterocycles. The summed E-state index contributed by atoms with van der Waals surface area (Å²) in [5, 5.41) is 0. The Morgan fingerprint density at radius 1 is 1.38 bits per heavy atom. The molecule has 2 bridgehead atoms. The first-order chi connectivity index (χ1) is 5.90. The van der Waals surface area contributed by atoms with Crippen LogP contribution in [0.25, 0.3) is 0 Å². The van der Waals surface area contributed by atoms with Crippen LogP contribution in [0.15, 0.2) is 0 Å². The maximum atomic E-state index is 4.97. The van der Waals surface area contributed by atoms with Crippen molar-refractivity contribution in [2.24, 2.45) is 16.7 Å². The maximum absolute atomic E-state index is 4.97. The summed E-state index contributed by atoms with van der Waals surface area (Å²) in [4.78, 5) is 0. The van der Waals surface area contributed by atoms with Gasteiger partial charge in [0.2, 0.25) is 0 Å². The molecule has 3 aliphatic carbocycles. The highest BCUT2D eigenvalue weighted by Crippen LogP contribution is 2.75. The molecular weight excluding hydrogens is 176 g/mol. The van der Waals surface area contributed by atoms with Gasteiger partial charge in [0.1, 0.15) is 0 Å². The SMILES string of the molecule is CC[C@]12CC[C@@H](C)[C@](S)(C1)C2(C)C. The molecule has 0 saturated heterocycles. The molecule has 0 nitrogen and oxygen atoms in total. The van der Waals surface area contributed by atoms with Gasteiger partial charge in [0.05, 0.1) is 0 Å². The molecule has 0 amide bonds. The lowest BCUT2D eigenvalue weighted by Gasteiger charge is -2.73. The normalized spacial score (nSPS) is 52.8. The Hall–Kier alpha value is 0.350. The van der Waals surface area contributed by atoms with Gasteiger partial charge in [-0.3, -0.25) is 0 Å². The van der Waals surface area contributed by atoms with Crippen LogP contribution in [0, 0.1) is 16.7 Å². The minimum atomic E-state index is 0.335. The highest BCUT2D eigenvalue weighted by molar-refractivity contribution is 7.82. The number of fused-ring (bicyclic) bond motifs is 2. The third-order valence-corrected chi connectivity index (χ3v) is 6.72. The predicted octanol–water partition coefficient (Wildman–Crippen LogP) is 3.91. The van der Waals surface area contributed by atoms with Gasteiger partial charge in [-0.1, -0.05) is 27.7 Å². The summed E-state index contributed by atoms with van der Waals surface area (Å²) < 4.78 is 0.335. The van der Waals surface area contributed by atoms with E-state index in [2.05, 4.69) is 27.7 Å². The second kappa shape index (κ2) is 2.48. The van der Waals surface area contributed by atoms with Gasteiger partial charge in [0.25, 0.3) is 0 Å². The Kier molecular flexibility index (Phi) is 1.88. The van der Waals surface area contributed by atoms with Crippen molar-refractivity contribution in [3.05, 3.63) is 0 Å². The largest absolute Gasteiger partial charge is 0.172 e. The van der Waals surface area contributed by atoms with E-state index in [1.165, 1.54) is 25.7 Å². The van der Waals surface area contributed by atoms with Crippen LogP contribution in [-0.2, 0) is 0 Å². The van der Waals surface area contributed by atoms with Crippen molar-refractivity contribution >= 4 is 12.6 Å². The molecule has 13 heavy (non-hydrogen) atoms.